The van der Waals surface area contributed by atoms with Crippen LogP contribution in [0.5, 0.6) is 0 Å². The number of carbonyl (C=O) groups excluding carboxylic acids is 3. The van der Waals surface area contributed by atoms with Gasteiger partial charge in [0.1, 0.15) is 12.2 Å². The molecule has 0 aliphatic heterocycles. The van der Waals surface area contributed by atoms with Gasteiger partial charge in [-0.25, -0.2) is 0 Å². The van der Waals surface area contributed by atoms with Crippen LogP contribution in [0.2, 0.25) is 0 Å². The van der Waals surface area contributed by atoms with Crippen LogP contribution < -0.4 is 0 Å². The van der Waals surface area contributed by atoms with Gasteiger partial charge in [-0.15, -0.1) is 0 Å². The molecule has 0 amide bonds. The van der Waals surface area contributed by atoms with Crippen LogP contribution >= 0.6 is 0 Å². The van der Waals surface area contributed by atoms with Gasteiger partial charge in [0.15, 0.2) is 0 Å². The lowest BCUT2D eigenvalue weighted by molar-refractivity contribution is -0.146. The number of rotatable bonds is 12. The first kappa shape index (κ1) is 25.6. The van der Waals surface area contributed by atoms with E-state index in [1.165, 1.54) is 19.8 Å². The Morgan fingerprint density at radius 2 is 1.60 bits per heavy atom. The van der Waals surface area contributed by atoms with Crippen LogP contribution in [0.4, 0.5) is 0 Å². The highest BCUT2D eigenvalue weighted by Gasteiger charge is 2.06. The van der Waals surface area contributed by atoms with E-state index in [4.69, 9.17) is 9.47 Å². The maximum atomic E-state index is 10.9. The number of allylic oxidation sites excluding steroid dienone is 1. The van der Waals surface area contributed by atoms with E-state index in [0.29, 0.717) is 25.6 Å². The molecule has 0 rings (SSSR count). The number of esters is 2. The Morgan fingerprint density at radius 3 is 2.12 bits per heavy atom. The van der Waals surface area contributed by atoms with E-state index >= 15 is 0 Å². The van der Waals surface area contributed by atoms with Crippen molar-refractivity contribution < 1.29 is 23.9 Å². The van der Waals surface area contributed by atoms with Crippen LogP contribution in [0.15, 0.2) is 12.2 Å². The topological polar surface area (TPSA) is 69.7 Å². The van der Waals surface area contributed by atoms with Gasteiger partial charge in [0.05, 0.1) is 13.2 Å². The molecule has 0 heterocycles. The van der Waals surface area contributed by atoms with Crippen LogP contribution in [0.3, 0.4) is 0 Å². The smallest absolute Gasteiger partial charge is 0.313 e. The average molecular weight is 357 g/mol. The lowest BCUT2D eigenvalue weighted by Gasteiger charge is -2.06. The summed E-state index contributed by atoms with van der Waals surface area (Å²) in [5.41, 5.74) is 0. The van der Waals surface area contributed by atoms with Gasteiger partial charge in [0.2, 0.25) is 0 Å². The molecular weight excluding hydrogens is 320 g/mol. The van der Waals surface area contributed by atoms with Crippen molar-refractivity contribution in [1.29, 1.82) is 0 Å². The second-order valence-corrected chi connectivity index (χ2v) is 6.02. The first-order valence-electron chi connectivity index (χ1n) is 9.32. The molecule has 0 aromatic carbocycles. The number of carbonyl (C=O) groups is 3. The van der Waals surface area contributed by atoms with Crippen molar-refractivity contribution in [2.75, 3.05) is 13.2 Å². The van der Waals surface area contributed by atoms with Crippen molar-refractivity contribution in [2.45, 2.75) is 79.6 Å². The minimum absolute atomic E-state index is 0.0724. The molecule has 25 heavy (non-hydrogen) atoms. The van der Waals surface area contributed by atoms with E-state index in [2.05, 4.69) is 26.8 Å². The summed E-state index contributed by atoms with van der Waals surface area (Å²) in [5, 5.41) is 0. The molecule has 0 saturated heterocycles. The summed E-state index contributed by atoms with van der Waals surface area (Å²) in [7, 11) is 0. The highest BCUT2D eigenvalue weighted by molar-refractivity contribution is 5.94. The molecule has 1 atom stereocenters. The van der Waals surface area contributed by atoms with Gasteiger partial charge in [-0.1, -0.05) is 52.2 Å². The third kappa shape index (κ3) is 22.4. The van der Waals surface area contributed by atoms with Crippen molar-refractivity contribution in [2.24, 2.45) is 5.92 Å². The highest BCUT2D eigenvalue weighted by atomic mass is 16.5. The summed E-state index contributed by atoms with van der Waals surface area (Å²) >= 11 is 0. The molecule has 0 N–H and O–H groups in total. The zero-order chi connectivity index (χ0) is 19.5. The third-order valence-corrected chi connectivity index (χ3v) is 3.35. The number of ketones is 1. The van der Waals surface area contributed by atoms with Gasteiger partial charge in [0.25, 0.3) is 0 Å². The first-order chi connectivity index (χ1) is 11.9. The largest absolute Gasteiger partial charge is 0.466 e. The molecule has 0 aliphatic carbocycles. The number of hydrogen-bond acceptors (Lipinski definition) is 5. The van der Waals surface area contributed by atoms with E-state index in [1.54, 1.807) is 0 Å². The molecular formula is C20H36O5. The Balaban J connectivity index is 0. The molecule has 0 aromatic heterocycles. The van der Waals surface area contributed by atoms with Crippen LogP contribution in [0.25, 0.3) is 0 Å². The molecule has 0 bridgehead atoms. The summed E-state index contributed by atoms with van der Waals surface area (Å²) < 4.78 is 9.62. The quantitative estimate of drug-likeness (QED) is 0.221. The minimum atomic E-state index is -0.426. The van der Waals surface area contributed by atoms with Crippen molar-refractivity contribution in [3.63, 3.8) is 0 Å². The van der Waals surface area contributed by atoms with E-state index in [0.717, 1.165) is 19.3 Å². The lowest BCUT2D eigenvalue weighted by Crippen LogP contribution is -2.09. The standard InChI is InChI=1S/C12H20O3.C8H16O2/c1-3-4-5-6-7-8-9-15-12(14)10-11(2)13;1-4-7(3)6-8(9)10-5-2/h6-7H,3-5,8-10H2,1-2H3;7H,4-6H2,1-3H3. The zero-order valence-corrected chi connectivity index (χ0v) is 16.6. The SMILES string of the molecule is CCCCC=CCCOC(=O)CC(C)=O.CCOC(=O)CC(C)CC. The molecule has 5 heteroatoms. The van der Waals surface area contributed by atoms with E-state index in [9.17, 15) is 14.4 Å². The minimum Gasteiger partial charge on any atom is -0.466 e. The second-order valence-electron chi connectivity index (χ2n) is 6.02. The molecule has 0 aromatic rings. The summed E-state index contributed by atoms with van der Waals surface area (Å²) in [6, 6.07) is 0. The number of Topliss-reactive ketones (excluding diaryl/α,β-unsaturated/α-hetero) is 1. The van der Waals surface area contributed by atoms with Crippen molar-refractivity contribution in [1.82, 2.24) is 0 Å². The lowest BCUT2D eigenvalue weighted by atomic mass is 10.1. The molecule has 0 saturated carbocycles. The average Bonchev–Trinajstić information content (AvgIpc) is 2.54. The first-order valence-corrected chi connectivity index (χ1v) is 9.32. The van der Waals surface area contributed by atoms with Gasteiger partial charge in [0, 0.05) is 6.42 Å². The summed E-state index contributed by atoms with van der Waals surface area (Å²) in [6.07, 6.45) is 9.80. The Bertz CT molecular complexity index is 388. The molecule has 146 valence electrons. The number of unbranched alkanes of at least 4 members (excludes halogenated alkanes) is 2. The van der Waals surface area contributed by atoms with Crippen LogP contribution in [-0.4, -0.2) is 30.9 Å². The van der Waals surface area contributed by atoms with E-state index in [1.807, 2.05) is 13.0 Å². The Hall–Kier alpha value is -1.65. The van der Waals surface area contributed by atoms with Crippen molar-refractivity contribution in [3.8, 4) is 0 Å². The van der Waals surface area contributed by atoms with E-state index in [-0.39, 0.29) is 18.2 Å². The Kier molecular flexibility index (Phi) is 19.1. The van der Waals surface area contributed by atoms with Crippen LogP contribution in [-0.2, 0) is 23.9 Å². The molecule has 0 aliphatic rings. The molecule has 0 fully saturated rings. The molecule has 0 radical (unpaired) electrons. The van der Waals surface area contributed by atoms with Crippen molar-refractivity contribution >= 4 is 17.7 Å². The van der Waals surface area contributed by atoms with Gasteiger partial charge in [-0.05, 0) is 32.6 Å². The van der Waals surface area contributed by atoms with Gasteiger partial charge >= 0.3 is 11.9 Å². The summed E-state index contributed by atoms with van der Waals surface area (Å²) in [5.74, 6) is -0.196. The number of ether oxygens (including phenoxy) is 2. The van der Waals surface area contributed by atoms with Crippen LogP contribution in [0.1, 0.15) is 79.6 Å². The van der Waals surface area contributed by atoms with Crippen LogP contribution in [0, 0.1) is 5.92 Å². The third-order valence-electron chi connectivity index (χ3n) is 3.35. The Labute approximate surface area is 153 Å². The van der Waals surface area contributed by atoms with E-state index < -0.39 is 5.97 Å². The molecule has 5 nitrogen and oxygen atoms in total. The summed E-state index contributed by atoms with van der Waals surface area (Å²) in [6.45, 7) is 10.3. The fraction of sp³-hybridized carbons (Fsp3) is 0.750. The number of hydrogen-bond donors (Lipinski definition) is 0. The molecule has 1 unspecified atom stereocenters. The normalized spacial score (nSPS) is 11.4. The summed E-state index contributed by atoms with van der Waals surface area (Å²) in [4.78, 5) is 32.3. The molecule has 0 spiro atoms. The second kappa shape index (κ2) is 18.7. The highest BCUT2D eigenvalue weighted by Crippen LogP contribution is 2.06. The predicted molar refractivity (Wildman–Crippen MR) is 100 cm³/mol. The maximum Gasteiger partial charge on any atom is 0.313 e. The monoisotopic (exact) mass is 356 g/mol. The predicted octanol–water partition coefficient (Wildman–Crippen LogP) is 4.63. The Morgan fingerprint density at radius 1 is 0.960 bits per heavy atom. The zero-order valence-electron chi connectivity index (χ0n) is 16.6. The maximum absolute atomic E-state index is 10.9. The fourth-order valence-corrected chi connectivity index (χ4v) is 1.70. The van der Waals surface area contributed by atoms with Gasteiger partial charge in [-0.3, -0.25) is 14.4 Å². The van der Waals surface area contributed by atoms with Gasteiger partial charge in [-0.2, -0.15) is 0 Å². The van der Waals surface area contributed by atoms with Gasteiger partial charge < -0.3 is 9.47 Å². The van der Waals surface area contributed by atoms with Crippen molar-refractivity contribution in [3.05, 3.63) is 12.2 Å². The fourth-order valence-electron chi connectivity index (χ4n) is 1.70.